The number of rotatable bonds is 4. The fourth-order valence-electron chi connectivity index (χ4n) is 1.26. The molecule has 14 heavy (non-hydrogen) atoms. The molecule has 2 N–H and O–H groups in total. The minimum atomic E-state index is -0.650. The summed E-state index contributed by atoms with van der Waals surface area (Å²) in [7, 11) is 0. The molecular formula is C12H19NO. The van der Waals surface area contributed by atoms with Crippen LogP contribution in [0.5, 0.6) is 0 Å². The van der Waals surface area contributed by atoms with Crippen LogP contribution in [-0.4, -0.2) is 17.3 Å². The predicted octanol–water partition coefficient (Wildman–Crippen LogP) is 2.11. The molecule has 0 heterocycles. The van der Waals surface area contributed by atoms with E-state index in [0.29, 0.717) is 6.54 Å². The molecule has 0 bridgehead atoms. The van der Waals surface area contributed by atoms with Crippen molar-refractivity contribution in [1.29, 1.82) is 0 Å². The third-order valence-corrected chi connectivity index (χ3v) is 2.14. The van der Waals surface area contributed by atoms with Crippen LogP contribution in [0, 0.1) is 0 Å². The van der Waals surface area contributed by atoms with Crippen LogP contribution in [0.15, 0.2) is 30.3 Å². The molecule has 0 aliphatic heterocycles. The first kappa shape index (κ1) is 11.2. The molecule has 1 unspecified atom stereocenters. The van der Waals surface area contributed by atoms with Crippen molar-refractivity contribution in [3.63, 3.8) is 0 Å². The summed E-state index contributed by atoms with van der Waals surface area (Å²) in [5.74, 6) is 0. The van der Waals surface area contributed by atoms with Gasteiger partial charge < -0.3 is 10.4 Å². The number of nitrogens with one attached hydrogen (secondary N) is 1. The molecule has 2 nitrogen and oxygen atoms in total. The highest BCUT2D eigenvalue weighted by Crippen LogP contribution is 2.12. The Labute approximate surface area is 86.0 Å². The highest BCUT2D eigenvalue weighted by molar-refractivity contribution is 5.18. The Hall–Kier alpha value is -0.860. The molecule has 0 saturated heterocycles. The summed E-state index contributed by atoms with van der Waals surface area (Å²) in [6.07, 6.45) is 0. The van der Waals surface area contributed by atoms with Gasteiger partial charge in [-0.3, -0.25) is 0 Å². The fourth-order valence-corrected chi connectivity index (χ4v) is 1.26. The van der Waals surface area contributed by atoms with Crippen LogP contribution in [0.1, 0.15) is 32.4 Å². The van der Waals surface area contributed by atoms with Gasteiger partial charge in [-0.25, -0.2) is 0 Å². The smallest absolute Gasteiger partial charge is 0.0715 e. The maximum absolute atomic E-state index is 9.55. The quantitative estimate of drug-likeness (QED) is 0.767. The van der Waals surface area contributed by atoms with Crippen LogP contribution in [0.4, 0.5) is 0 Å². The molecular weight excluding hydrogens is 174 g/mol. The molecule has 0 aliphatic rings. The van der Waals surface area contributed by atoms with Gasteiger partial charge >= 0.3 is 0 Å². The van der Waals surface area contributed by atoms with Crippen molar-refractivity contribution < 1.29 is 5.11 Å². The average molecular weight is 193 g/mol. The Kier molecular flexibility index (Phi) is 3.67. The average Bonchev–Trinajstić information content (AvgIpc) is 2.14. The van der Waals surface area contributed by atoms with Crippen molar-refractivity contribution in [3.8, 4) is 0 Å². The maximum atomic E-state index is 9.55. The van der Waals surface area contributed by atoms with Crippen molar-refractivity contribution in [2.45, 2.75) is 32.4 Å². The first-order valence-electron chi connectivity index (χ1n) is 5.00. The van der Waals surface area contributed by atoms with E-state index in [1.807, 2.05) is 18.2 Å². The minimum absolute atomic E-state index is 0.280. The Morgan fingerprint density at radius 3 is 2.36 bits per heavy atom. The van der Waals surface area contributed by atoms with Gasteiger partial charge in [0.25, 0.3) is 0 Å². The van der Waals surface area contributed by atoms with Gasteiger partial charge in [0.2, 0.25) is 0 Å². The molecule has 0 radical (unpaired) electrons. The van der Waals surface area contributed by atoms with E-state index in [1.54, 1.807) is 13.8 Å². The van der Waals surface area contributed by atoms with E-state index in [9.17, 15) is 5.11 Å². The van der Waals surface area contributed by atoms with Gasteiger partial charge in [-0.05, 0) is 26.3 Å². The summed E-state index contributed by atoms with van der Waals surface area (Å²) in [6, 6.07) is 10.5. The molecule has 1 aromatic rings. The molecule has 1 rings (SSSR count). The molecule has 78 valence electrons. The second-order valence-corrected chi connectivity index (χ2v) is 4.33. The van der Waals surface area contributed by atoms with Crippen LogP contribution in [0.2, 0.25) is 0 Å². The topological polar surface area (TPSA) is 32.3 Å². The lowest BCUT2D eigenvalue weighted by Crippen LogP contribution is -2.36. The number of hydrogen-bond acceptors (Lipinski definition) is 2. The normalized spacial score (nSPS) is 14.0. The Morgan fingerprint density at radius 1 is 1.29 bits per heavy atom. The fraction of sp³-hybridized carbons (Fsp3) is 0.500. The first-order valence-corrected chi connectivity index (χ1v) is 5.00. The van der Waals surface area contributed by atoms with Gasteiger partial charge in [0.15, 0.2) is 0 Å². The lowest BCUT2D eigenvalue weighted by molar-refractivity contribution is 0.0770. The van der Waals surface area contributed by atoms with Crippen LogP contribution in [0.3, 0.4) is 0 Å². The molecule has 0 spiro atoms. The van der Waals surface area contributed by atoms with Crippen molar-refractivity contribution in [2.75, 3.05) is 6.54 Å². The van der Waals surface area contributed by atoms with E-state index in [-0.39, 0.29) is 6.04 Å². The Balaban J connectivity index is 2.48. The molecule has 0 aliphatic carbocycles. The summed E-state index contributed by atoms with van der Waals surface area (Å²) in [6.45, 7) is 6.31. The molecule has 2 heteroatoms. The zero-order chi connectivity index (χ0) is 10.6. The summed E-state index contributed by atoms with van der Waals surface area (Å²) in [5, 5.41) is 12.8. The lowest BCUT2D eigenvalue weighted by Gasteiger charge is -2.21. The van der Waals surface area contributed by atoms with E-state index in [4.69, 9.17) is 0 Å². The zero-order valence-electron chi connectivity index (χ0n) is 9.12. The molecule has 0 amide bonds. The lowest BCUT2D eigenvalue weighted by atomic mass is 10.1. The van der Waals surface area contributed by atoms with Gasteiger partial charge in [-0.2, -0.15) is 0 Å². The highest BCUT2D eigenvalue weighted by Gasteiger charge is 2.13. The van der Waals surface area contributed by atoms with E-state index in [0.717, 1.165) is 0 Å². The predicted molar refractivity (Wildman–Crippen MR) is 59.2 cm³/mol. The Morgan fingerprint density at radius 2 is 1.86 bits per heavy atom. The third kappa shape index (κ3) is 3.90. The zero-order valence-corrected chi connectivity index (χ0v) is 9.12. The van der Waals surface area contributed by atoms with E-state index in [1.165, 1.54) is 5.56 Å². The molecule has 1 aromatic carbocycles. The van der Waals surface area contributed by atoms with Crippen molar-refractivity contribution in [2.24, 2.45) is 0 Å². The second-order valence-electron chi connectivity index (χ2n) is 4.33. The highest BCUT2D eigenvalue weighted by atomic mass is 16.3. The molecule has 0 aromatic heterocycles. The van der Waals surface area contributed by atoms with Crippen LogP contribution < -0.4 is 5.32 Å². The van der Waals surface area contributed by atoms with Crippen LogP contribution >= 0.6 is 0 Å². The Bertz CT molecular complexity index is 263. The van der Waals surface area contributed by atoms with Crippen LogP contribution in [-0.2, 0) is 0 Å². The van der Waals surface area contributed by atoms with Crippen LogP contribution in [0.25, 0.3) is 0 Å². The second kappa shape index (κ2) is 4.58. The van der Waals surface area contributed by atoms with Crippen molar-refractivity contribution >= 4 is 0 Å². The van der Waals surface area contributed by atoms with E-state index >= 15 is 0 Å². The number of hydrogen-bond donors (Lipinski definition) is 2. The van der Waals surface area contributed by atoms with Gasteiger partial charge in [-0.1, -0.05) is 30.3 Å². The third-order valence-electron chi connectivity index (χ3n) is 2.14. The van der Waals surface area contributed by atoms with Gasteiger partial charge in [0.1, 0.15) is 0 Å². The van der Waals surface area contributed by atoms with Crippen molar-refractivity contribution in [3.05, 3.63) is 35.9 Å². The SMILES string of the molecule is CC(NCC(C)(C)O)c1ccccc1. The van der Waals surface area contributed by atoms with Gasteiger partial charge in [0, 0.05) is 12.6 Å². The maximum Gasteiger partial charge on any atom is 0.0715 e. The van der Waals surface area contributed by atoms with E-state index < -0.39 is 5.60 Å². The summed E-state index contributed by atoms with van der Waals surface area (Å²) < 4.78 is 0. The molecule has 0 fully saturated rings. The number of aliphatic hydroxyl groups is 1. The van der Waals surface area contributed by atoms with Gasteiger partial charge in [-0.15, -0.1) is 0 Å². The van der Waals surface area contributed by atoms with Crippen molar-refractivity contribution in [1.82, 2.24) is 5.32 Å². The van der Waals surface area contributed by atoms with Gasteiger partial charge in [0.05, 0.1) is 5.60 Å². The molecule has 0 saturated carbocycles. The summed E-state index contributed by atoms with van der Waals surface area (Å²) >= 11 is 0. The standard InChI is InChI=1S/C12H19NO/c1-10(13-9-12(2,3)14)11-7-5-4-6-8-11/h4-8,10,13-14H,9H2,1-3H3. The molecule has 1 atom stereocenters. The monoisotopic (exact) mass is 193 g/mol. The largest absolute Gasteiger partial charge is 0.389 e. The summed E-state index contributed by atoms with van der Waals surface area (Å²) in [4.78, 5) is 0. The first-order chi connectivity index (χ1) is 6.49. The van der Waals surface area contributed by atoms with E-state index in [2.05, 4.69) is 24.4 Å². The summed E-state index contributed by atoms with van der Waals surface area (Å²) in [5.41, 5.74) is 0.597. The minimum Gasteiger partial charge on any atom is -0.389 e. The number of benzene rings is 1.